The fraction of sp³-hybridized carbons (Fsp3) is 0.118. The molecule has 0 bridgehead atoms. The maximum absolute atomic E-state index is 12.4. The molecule has 0 unspecified atom stereocenters. The summed E-state index contributed by atoms with van der Waals surface area (Å²) in [6.07, 6.45) is 0. The molecule has 2 aromatic carbocycles. The monoisotopic (exact) mass is 360 g/mol. The fourth-order valence-corrected chi connectivity index (χ4v) is 3.57. The van der Waals surface area contributed by atoms with Crippen LogP contribution >= 0.6 is 22.9 Å². The number of hydrogen-bond acceptors (Lipinski definition) is 3. The first-order valence-corrected chi connectivity index (χ1v) is 8.30. The fourth-order valence-electron chi connectivity index (χ4n) is 2.27. The topological polar surface area (TPSA) is 71.7 Å². The second-order valence-corrected chi connectivity index (χ2v) is 6.71. The molecule has 0 spiro atoms. The van der Waals surface area contributed by atoms with Crippen LogP contribution in [0.4, 0.5) is 0 Å². The van der Waals surface area contributed by atoms with Gasteiger partial charge in [-0.1, -0.05) is 40.6 Å². The lowest BCUT2D eigenvalue weighted by molar-refractivity contribution is -0.137. The molecular formula is C17H13ClN2O3S. The van der Waals surface area contributed by atoms with Gasteiger partial charge in [0.1, 0.15) is 6.54 Å². The highest BCUT2D eigenvalue weighted by molar-refractivity contribution is 7.16. The van der Waals surface area contributed by atoms with Gasteiger partial charge < -0.3 is 9.67 Å². The Labute approximate surface area is 146 Å². The number of aryl methyl sites for hydroxylation is 1. The van der Waals surface area contributed by atoms with E-state index in [4.69, 9.17) is 16.7 Å². The SMILES string of the molecule is Cc1ccc(C(=O)N=c2sc3cc(Cl)ccc3n2CC(=O)O)cc1. The predicted molar refractivity (Wildman–Crippen MR) is 93.5 cm³/mol. The van der Waals surface area contributed by atoms with Crippen LogP contribution in [0, 0.1) is 6.92 Å². The molecule has 1 aromatic heterocycles. The molecule has 0 aliphatic heterocycles. The minimum atomic E-state index is -1.01. The number of halogens is 1. The lowest BCUT2D eigenvalue weighted by atomic mass is 10.1. The largest absolute Gasteiger partial charge is 0.480 e. The van der Waals surface area contributed by atoms with Crippen molar-refractivity contribution < 1.29 is 14.7 Å². The van der Waals surface area contributed by atoms with Crippen molar-refractivity contribution in [2.75, 3.05) is 0 Å². The Balaban J connectivity index is 2.14. The highest BCUT2D eigenvalue weighted by Gasteiger charge is 2.12. The molecule has 5 nitrogen and oxygen atoms in total. The van der Waals surface area contributed by atoms with E-state index in [0.29, 0.717) is 20.9 Å². The van der Waals surface area contributed by atoms with Crippen LogP contribution in [0.2, 0.25) is 5.02 Å². The van der Waals surface area contributed by atoms with Crippen LogP contribution in [-0.4, -0.2) is 21.6 Å². The number of hydrogen-bond donors (Lipinski definition) is 1. The third-order valence-electron chi connectivity index (χ3n) is 3.43. The summed E-state index contributed by atoms with van der Waals surface area (Å²) in [7, 11) is 0. The van der Waals surface area contributed by atoms with Crippen LogP contribution in [0.15, 0.2) is 47.5 Å². The van der Waals surface area contributed by atoms with Crippen LogP contribution in [-0.2, 0) is 11.3 Å². The molecule has 24 heavy (non-hydrogen) atoms. The number of nitrogens with zero attached hydrogens (tertiary/aromatic N) is 2. The first-order valence-electron chi connectivity index (χ1n) is 7.10. The Morgan fingerprint density at radius 3 is 2.58 bits per heavy atom. The van der Waals surface area contributed by atoms with Gasteiger partial charge in [-0.05, 0) is 37.3 Å². The van der Waals surface area contributed by atoms with Crippen molar-refractivity contribution in [2.24, 2.45) is 4.99 Å². The first-order chi connectivity index (χ1) is 11.4. The van der Waals surface area contributed by atoms with Crippen molar-refractivity contribution in [2.45, 2.75) is 13.5 Å². The number of carboxylic acids is 1. The molecule has 1 N–H and O–H groups in total. The number of amides is 1. The van der Waals surface area contributed by atoms with Gasteiger partial charge in [-0.3, -0.25) is 9.59 Å². The number of benzene rings is 2. The normalized spacial score (nSPS) is 11.8. The van der Waals surface area contributed by atoms with Crippen molar-refractivity contribution in [1.29, 1.82) is 0 Å². The molecule has 0 atom stereocenters. The smallest absolute Gasteiger partial charge is 0.323 e. The summed E-state index contributed by atoms with van der Waals surface area (Å²) in [5.41, 5.74) is 2.18. The number of fused-ring (bicyclic) bond motifs is 1. The van der Waals surface area contributed by atoms with E-state index in [1.165, 1.54) is 15.9 Å². The van der Waals surface area contributed by atoms with E-state index in [2.05, 4.69) is 4.99 Å². The van der Waals surface area contributed by atoms with E-state index in [1.807, 2.05) is 19.1 Å². The Hall–Kier alpha value is -2.44. The summed E-state index contributed by atoms with van der Waals surface area (Å²) in [6.45, 7) is 1.66. The number of carbonyl (C=O) groups excluding carboxylic acids is 1. The molecule has 3 aromatic rings. The molecule has 7 heteroatoms. The Morgan fingerprint density at radius 1 is 1.21 bits per heavy atom. The number of aliphatic carboxylic acids is 1. The maximum atomic E-state index is 12.4. The summed E-state index contributed by atoms with van der Waals surface area (Å²) < 4.78 is 2.28. The first kappa shape index (κ1) is 16.4. The van der Waals surface area contributed by atoms with Crippen LogP contribution in [0.5, 0.6) is 0 Å². The number of thiazole rings is 1. The predicted octanol–water partition coefficient (Wildman–Crippen LogP) is 3.49. The average molecular weight is 361 g/mol. The van der Waals surface area contributed by atoms with Crippen molar-refractivity contribution in [3.05, 3.63) is 63.4 Å². The van der Waals surface area contributed by atoms with E-state index in [0.717, 1.165) is 10.3 Å². The average Bonchev–Trinajstić information content (AvgIpc) is 2.84. The molecule has 1 amide bonds. The van der Waals surface area contributed by atoms with Gasteiger partial charge in [-0.25, -0.2) is 0 Å². The minimum Gasteiger partial charge on any atom is -0.480 e. The van der Waals surface area contributed by atoms with Crippen molar-refractivity contribution in [3.8, 4) is 0 Å². The van der Waals surface area contributed by atoms with Gasteiger partial charge in [-0.2, -0.15) is 4.99 Å². The van der Waals surface area contributed by atoms with Crippen molar-refractivity contribution in [3.63, 3.8) is 0 Å². The summed E-state index contributed by atoms with van der Waals surface area (Å²) in [5.74, 6) is -1.42. The standard InChI is InChI=1S/C17H13ClN2O3S/c1-10-2-4-11(5-3-10)16(23)19-17-20(9-15(21)22)13-7-6-12(18)8-14(13)24-17/h2-8H,9H2,1H3,(H,21,22). The Morgan fingerprint density at radius 2 is 1.92 bits per heavy atom. The maximum Gasteiger partial charge on any atom is 0.323 e. The van der Waals surface area contributed by atoms with Crippen LogP contribution in [0.3, 0.4) is 0 Å². The highest BCUT2D eigenvalue weighted by Crippen LogP contribution is 2.22. The van der Waals surface area contributed by atoms with Crippen LogP contribution < -0.4 is 4.80 Å². The molecule has 122 valence electrons. The van der Waals surface area contributed by atoms with Gasteiger partial charge in [0.15, 0.2) is 4.80 Å². The zero-order valence-corrected chi connectivity index (χ0v) is 14.3. The van der Waals surface area contributed by atoms with E-state index < -0.39 is 11.9 Å². The molecule has 0 saturated heterocycles. The number of aromatic nitrogens is 1. The molecular weight excluding hydrogens is 348 g/mol. The van der Waals surface area contributed by atoms with Crippen LogP contribution in [0.25, 0.3) is 10.2 Å². The summed E-state index contributed by atoms with van der Waals surface area (Å²) in [4.78, 5) is 28.0. The Bertz CT molecular complexity index is 1000. The van der Waals surface area contributed by atoms with Gasteiger partial charge in [0, 0.05) is 10.6 Å². The zero-order chi connectivity index (χ0) is 17.3. The number of rotatable bonds is 3. The van der Waals surface area contributed by atoms with Gasteiger partial charge in [0.25, 0.3) is 5.91 Å². The number of carbonyl (C=O) groups is 2. The van der Waals surface area contributed by atoms with E-state index in [9.17, 15) is 9.59 Å². The summed E-state index contributed by atoms with van der Waals surface area (Å²) in [6, 6.07) is 12.2. The van der Waals surface area contributed by atoms with Crippen molar-refractivity contribution >= 4 is 45.0 Å². The second kappa shape index (κ2) is 6.59. The lowest BCUT2D eigenvalue weighted by Gasteiger charge is -2.01. The Kier molecular flexibility index (Phi) is 4.51. The summed E-state index contributed by atoms with van der Waals surface area (Å²) >= 11 is 7.22. The zero-order valence-electron chi connectivity index (χ0n) is 12.7. The lowest BCUT2D eigenvalue weighted by Crippen LogP contribution is -2.21. The molecule has 1 heterocycles. The van der Waals surface area contributed by atoms with E-state index in [-0.39, 0.29) is 6.54 Å². The third kappa shape index (κ3) is 3.39. The molecule has 0 fully saturated rings. The van der Waals surface area contributed by atoms with Gasteiger partial charge >= 0.3 is 5.97 Å². The van der Waals surface area contributed by atoms with E-state index in [1.54, 1.807) is 30.3 Å². The molecule has 3 rings (SSSR count). The van der Waals surface area contributed by atoms with Gasteiger partial charge in [0.05, 0.1) is 10.2 Å². The minimum absolute atomic E-state index is 0.276. The van der Waals surface area contributed by atoms with Crippen molar-refractivity contribution in [1.82, 2.24) is 4.57 Å². The molecule has 0 saturated carbocycles. The highest BCUT2D eigenvalue weighted by atomic mass is 35.5. The molecule has 0 aliphatic rings. The van der Waals surface area contributed by atoms with Gasteiger partial charge in [-0.15, -0.1) is 0 Å². The molecule has 0 aliphatic carbocycles. The second-order valence-electron chi connectivity index (χ2n) is 5.26. The molecule has 0 radical (unpaired) electrons. The van der Waals surface area contributed by atoms with Crippen LogP contribution in [0.1, 0.15) is 15.9 Å². The van der Waals surface area contributed by atoms with Gasteiger partial charge in [0.2, 0.25) is 0 Å². The number of carboxylic acid groups (broad SMARTS) is 1. The summed E-state index contributed by atoms with van der Waals surface area (Å²) in [5, 5.41) is 9.68. The quantitative estimate of drug-likeness (QED) is 0.777. The third-order valence-corrected chi connectivity index (χ3v) is 4.71. The van der Waals surface area contributed by atoms with E-state index >= 15 is 0 Å².